The first-order chi connectivity index (χ1) is 15.6. The molecule has 0 saturated carbocycles. The molecule has 1 amide bonds. The summed E-state index contributed by atoms with van der Waals surface area (Å²) in [6.07, 6.45) is 5.40. The lowest BCUT2D eigenvalue weighted by Crippen LogP contribution is -2.32. The van der Waals surface area contributed by atoms with Crippen molar-refractivity contribution < 1.29 is 4.79 Å². The van der Waals surface area contributed by atoms with Crippen LogP contribution in [0.5, 0.6) is 0 Å². The van der Waals surface area contributed by atoms with Gasteiger partial charge in [-0.05, 0) is 71.5 Å². The Labute approximate surface area is 189 Å². The summed E-state index contributed by atoms with van der Waals surface area (Å²) >= 11 is 0. The third-order valence-corrected chi connectivity index (χ3v) is 6.08. The predicted molar refractivity (Wildman–Crippen MR) is 122 cm³/mol. The number of tetrazole rings is 1. The maximum atomic E-state index is 12.4. The van der Waals surface area contributed by atoms with E-state index < -0.39 is 0 Å². The molecule has 2 aromatic heterocycles. The lowest BCUT2D eigenvalue weighted by Gasteiger charge is -2.30. The molecule has 3 heterocycles. The quantitative estimate of drug-likeness (QED) is 0.588. The minimum Gasteiger partial charge on any atom is -0.350 e. The van der Waals surface area contributed by atoms with Crippen LogP contribution in [0.4, 0.5) is 0 Å². The van der Waals surface area contributed by atoms with Gasteiger partial charge in [-0.15, -0.1) is 5.10 Å². The Hall–Kier alpha value is -3.13. The molecule has 0 atom stereocenters. The second-order valence-corrected chi connectivity index (χ2v) is 8.62. The van der Waals surface area contributed by atoms with E-state index in [2.05, 4.69) is 62.8 Å². The Bertz CT molecular complexity index is 1010. The van der Waals surface area contributed by atoms with Crippen LogP contribution in [0, 0.1) is 5.92 Å². The zero-order valence-electron chi connectivity index (χ0n) is 18.9. The van der Waals surface area contributed by atoms with E-state index in [1.54, 1.807) is 0 Å². The highest BCUT2D eigenvalue weighted by Gasteiger charge is 2.17. The van der Waals surface area contributed by atoms with Gasteiger partial charge in [-0.3, -0.25) is 14.7 Å². The van der Waals surface area contributed by atoms with Crippen molar-refractivity contribution in [2.75, 3.05) is 13.1 Å². The minimum atomic E-state index is -0.144. The molecule has 1 N–H and O–H groups in total. The van der Waals surface area contributed by atoms with Crippen LogP contribution in [0.15, 0.2) is 42.6 Å². The first-order valence-electron chi connectivity index (χ1n) is 11.4. The molecule has 8 nitrogen and oxygen atoms in total. The smallest absolute Gasteiger partial charge is 0.242 e. The van der Waals surface area contributed by atoms with Gasteiger partial charge in [0.25, 0.3) is 0 Å². The second-order valence-electron chi connectivity index (χ2n) is 8.62. The number of pyridine rings is 1. The largest absolute Gasteiger partial charge is 0.350 e. The monoisotopic (exact) mass is 433 g/mol. The molecule has 8 heteroatoms. The number of amides is 1. The highest BCUT2D eigenvalue weighted by Crippen LogP contribution is 2.19. The average Bonchev–Trinajstić information content (AvgIpc) is 3.28. The number of hydrogen-bond donors (Lipinski definition) is 1. The van der Waals surface area contributed by atoms with Gasteiger partial charge in [0, 0.05) is 19.3 Å². The predicted octanol–water partition coefficient (Wildman–Crippen LogP) is 2.85. The maximum absolute atomic E-state index is 12.4. The van der Waals surface area contributed by atoms with Crippen LogP contribution in [0.25, 0.3) is 11.5 Å². The average molecular weight is 434 g/mol. The van der Waals surface area contributed by atoms with Gasteiger partial charge in [-0.25, -0.2) is 4.68 Å². The standard InChI is InChI=1S/C24H31N7O/c1-3-19-4-6-20(7-5-19)14-26-23(32)17-31-24(27-28-29-31)22-9-8-21(15-25-22)16-30-12-10-18(2)11-13-30/h4-9,15,18H,3,10-14,16-17H2,1-2H3,(H,26,32). The molecule has 0 bridgehead atoms. The summed E-state index contributed by atoms with van der Waals surface area (Å²) in [4.78, 5) is 19.5. The van der Waals surface area contributed by atoms with Gasteiger partial charge in [0.05, 0.1) is 0 Å². The van der Waals surface area contributed by atoms with Crippen molar-refractivity contribution in [3.63, 3.8) is 0 Å². The Morgan fingerprint density at radius 2 is 1.78 bits per heavy atom. The van der Waals surface area contributed by atoms with E-state index in [0.29, 0.717) is 18.1 Å². The number of nitrogens with one attached hydrogen (secondary N) is 1. The van der Waals surface area contributed by atoms with E-state index in [4.69, 9.17) is 0 Å². The van der Waals surface area contributed by atoms with Gasteiger partial charge in [0.15, 0.2) is 0 Å². The topological polar surface area (TPSA) is 88.8 Å². The van der Waals surface area contributed by atoms with Crippen LogP contribution in [-0.4, -0.2) is 49.1 Å². The number of piperidine rings is 1. The van der Waals surface area contributed by atoms with Crippen LogP contribution in [0.3, 0.4) is 0 Å². The molecule has 0 spiro atoms. The van der Waals surface area contributed by atoms with Crippen LogP contribution in [0.1, 0.15) is 43.4 Å². The number of nitrogens with zero attached hydrogens (tertiary/aromatic N) is 6. The normalized spacial score (nSPS) is 15.1. The molecule has 1 aliphatic rings. The van der Waals surface area contributed by atoms with Gasteiger partial charge >= 0.3 is 0 Å². The molecule has 32 heavy (non-hydrogen) atoms. The number of aromatic nitrogens is 5. The zero-order chi connectivity index (χ0) is 22.3. The van der Waals surface area contributed by atoms with E-state index in [-0.39, 0.29) is 12.5 Å². The third kappa shape index (κ3) is 5.76. The Morgan fingerprint density at radius 1 is 1.06 bits per heavy atom. The van der Waals surface area contributed by atoms with Gasteiger partial charge in [0.2, 0.25) is 11.7 Å². The summed E-state index contributed by atoms with van der Waals surface area (Å²) in [6.45, 7) is 8.15. The summed E-state index contributed by atoms with van der Waals surface area (Å²) in [5.41, 5.74) is 4.18. The molecule has 0 radical (unpaired) electrons. The van der Waals surface area contributed by atoms with Crippen molar-refractivity contribution >= 4 is 5.91 Å². The van der Waals surface area contributed by atoms with Crippen LogP contribution in [0.2, 0.25) is 0 Å². The summed E-state index contributed by atoms with van der Waals surface area (Å²) in [7, 11) is 0. The van der Waals surface area contributed by atoms with Crippen molar-refractivity contribution in [1.82, 2.24) is 35.4 Å². The number of likely N-dealkylation sites (tertiary alicyclic amines) is 1. The van der Waals surface area contributed by atoms with E-state index in [9.17, 15) is 4.79 Å². The molecule has 1 saturated heterocycles. The molecule has 0 unspecified atom stereocenters. The molecule has 1 aromatic carbocycles. The number of hydrogen-bond acceptors (Lipinski definition) is 6. The number of rotatable bonds is 8. The molecular weight excluding hydrogens is 402 g/mol. The van der Waals surface area contributed by atoms with Gasteiger partial charge in [-0.1, -0.05) is 44.2 Å². The van der Waals surface area contributed by atoms with Crippen molar-refractivity contribution in [2.45, 2.75) is 52.7 Å². The summed E-state index contributed by atoms with van der Waals surface area (Å²) in [5, 5.41) is 14.7. The molecule has 1 aliphatic heterocycles. The van der Waals surface area contributed by atoms with E-state index in [0.717, 1.165) is 37.5 Å². The summed E-state index contributed by atoms with van der Waals surface area (Å²) in [5.74, 6) is 1.17. The molecular formula is C24H31N7O. The number of carbonyl (C=O) groups is 1. The molecule has 4 rings (SSSR count). The fraction of sp³-hybridized carbons (Fsp3) is 0.458. The molecule has 0 aliphatic carbocycles. The van der Waals surface area contributed by atoms with Gasteiger partial charge < -0.3 is 5.32 Å². The highest BCUT2D eigenvalue weighted by molar-refractivity contribution is 5.76. The minimum absolute atomic E-state index is 0.0464. The molecule has 168 valence electrons. The second kappa shape index (κ2) is 10.5. The van der Waals surface area contributed by atoms with Crippen molar-refractivity contribution in [3.8, 4) is 11.5 Å². The van der Waals surface area contributed by atoms with Crippen molar-refractivity contribution in [2.24, 2.45) is 5.92 Å². The lowest BCUT2D eigenvalue weighted by atomic mass is 9.99. The Balaban J connectivity index is 1.32. The van der Waals surface area contributed by atoms with E-state index >= 15 is 0 Å². The van der Waals surface area contributed by atoms with E-state index in [1.165, 1.54) is 28.7 Å². The highest BCUT2D eigenvalue weighted by atomic mass is 16.2. The summed E-state index contributed by atoms with van der Waals surface area (Å²) < 4.78 is 1.49. The molecule has 1 fully saturated rings. The maximum Gasteiger partial charge on any atom is 0.242 e. The van der Waals surface area contributed by atoms with Crippen molar-refractivity contribution in [1.29, 1.82) is 0 Å². The third-order valence-electron chi connectivity index (χ3n) is 6.08. The van der Waals surface area contributed by atoms with Crippen LogP contribution in [-0.2, 0) is 30.8 Å². The van der Waals surface area contributed by atoms with Gasteiger partial charge in [-0.2, -0.15) is 0 Å². The lowest BCUT2D eigenvalue weighted by molar-refractivity contribution is -0.122. The fourth-order valence-corrected chi connectivity index (χ4v) is 3.91. The fourth-order valence-electron chi connectivity index (χ4n) is 3.91. The molecule has 3 aromatic rings. The number of carbonyl (C=O) groups excluding carboxylic acids is 1. The SMILES string of the molecule is CCc1ccc(CNC(=O)Cn2nnnc2-c2ccc(CN3CCC(C)CC3)cn2)cc1. The Kier molecular flexibility index (Phi) is 7.21. The van der Waals surface area contributed by atoms with E-state index in [1.807, 2.05) is 24.4 Å². The van der Waals surface area contributed by atoms with Crippen LogP contribution < -0.4 is 5.32 Å². The first-order valence-corrected chi connectivity index (χ1v) is 11.4. The number of benzene rings is 1. The first kappa shape index (κ1) is 22.1. The van der Waals surface area contributed by atoms with Crippen LogP contribution >= 0.6 is 0 Å². The number of aryl methyl sites for hydroxylation is 1. The summed E-state index contributed by atoms with van der Waals surface area (Å²) in [6, 6.07) is 12.2. The van der Waals surface area contributed by atoms with Gasteiger partial charge in [0.1, 0.15) is 12.2 Å². The van der Waals surface area contributed by atoms with Crippen molar-refractivity contribution in [3.05, 3.63) is 59.3 Å². The Morgan fingerprint density at radius 3 is 2.47 bits per heavy atom. The zero-order valence-corrected chi connectivity index (χ0v) is 18.9.